The maximum absolute atomic E-state index is 9.84. The Morgan fingerprint density at radius 3 is 2.62 bits per heavy atom. The summed E-state index contributed by atoms with van der Waals surface area (Å²) in [6.07, 6.45) is 2.46. The molecule has 0 atom stereocenters. The third-order valence-corrected chi connectivity index (χ3v) is 4.06. The van der Waals surface area contributed by atoms with Crippen LogP contribution < -0.4 is 0 Å². The molecule has 0 amide bonds. The van der Waals surface area contributed by atoms with Crippen LogP contribution in [-0.2, 0) is 6.42 Å². The van der Waals surface area contributed by atoms with Gasteiger partial charge in [-0.3, -0.25) is 4.57 Å². The van der Waals surface area contributed by atoms with Gasteiger partial charge < -0.3 is 5.11 Å². The van der Waals surface area contributed by atoms with Crippen LogP contribution in [0.4, 0.5) is 0 Å². The Morgan fingerprint density at radius 2 is 1.83 bits per heavy atom. The molecule has 2 aromatic heterocycles. The highest BCUT2D eigenvalue weighted by Crippen LogP contribution is 2.24. The van der Waals surface area contributed by atoms with Gasteiger partial charge in [-0.1, -0.05) is 35.9 Å². The van der Waals surface area contributed by atoms with E-state index in [2.05, 4.69) is 36.2 Å². The largest absolute Gasteiger partial charge is 0.508 e. The molecule has 0 saturated heterocycles. The lowest BCUT2D eigenvalue weighted by atomic mass is 10.1. The second-order valence-electron chi connectivity index (χ2n) is 5.89. The average molecular weight is 315 g/mol. The smallest absolute Gasteiger partial charge is 0.164 e. The number of benzene rings is 2. The van der Waals surface area contributed by atoms with Crippen molar-refractivity contribution < 1.29 is 5.11 Å². The van der Waals surface area contributed by atoms with Crippen molar-refractivity contribution in [1.29, 1.82) is 0 Å². The zero-order valence-corrected chi connectivity index (χ0v) is 13.3. The highest BCUT2D eigenvalue weighted by atomic mass is 16.3. The Balaban J connectivity index is 1.88. The molecule has 0 aliphatic rings. The van der Waals surface area contributed by atoms with Crippen molar-refractivity contribution in [2.45, 2.75) is 13.3 Å². The molecule has 4 nitrogen and oxygen atoms in total. The quantitative estimate of drug-likeness (QED) is 0.621. The molecule has 4 rings (SSSR count). The molecule has 0 fully saturated rings. The van der Waals surface area contributed by atoms with E-state index >= 15 is 0 Å². The van der Waals surface area contributed by atoms with E-state index in [0.29, 0.717) is 6.42 Å². The van der Waals surface area contributed by atoms with E-state index in [4.69, 9.17) is 4.98 Å². The van der Waals surface area contributed by atoms with E-state index in [-0.39, 0.29) is 5.75 Å². The Hall–Kier alpha value is -3.14. The molecule has 0 unspecified atom stereocenters. The summed E-state index contributed by atoms with van der Waals surface area (Å²) in [6.45, 7) is 2.08. The number of aryl methyl sites for hydroxylation is 1. The lowest BCUT2D eigenvalue weighted by Crippen LogP contribution is -2.03. The van der Waals surface area contributed by atoms with Gasteiger partial charge in [0.1, 0.15) is 17.1 Å². The van der Waals surface area contributed by atoms with Gasteiger partial charge in [-0.2, -0.15) is 0 Å². The van der Waals surface area contributed by atoms with Crippen LogP contribution >= 0.6 is 0 Å². The molecule has 0 saturated carbocycles. The minimum absolute atomic E-state index is 0.228. The molecule has 24 heavy (non-hydrogen) atoms. The van der Waals surface area contributed by atoms with Crippen molar-refractivity contribution in [3.8, 4) is 11.4 Å². The number of hydrogen-bond donors (Lipinski definition) is 1. The Bertz CT molecular complexity index is 1000. The number of hydrogen-bond acceptors (Lipinski definition) is 3. The molecule has 1 N–H and O–H groups in total. The molecule has 0 aliphatic carbocycles. The summed E-state index contributed by atoms with van der Waals surface area (Å²) < 4.78 is 2.01. The van der Waals surface area contributed by atoms with Crippen LogP contribution in [0.5, 0.6) is 5.75 Å². The standard InChI is InChI=1S/C20H17N3O/c1-14-7-9-15(10-8-14)12-19-22-18-6-3-11-21-20(18)23(19)16-4-2-5-17(24)13-16/h2-11,13,24H,12H2,1H3. The Kier molecular flexibility index (Phi) is 3.50. The summed E-state index contributed by atoms with van der Waals surface area (Å²) in [5.74, 6) is 1.13. The number of aromatic nitrogens is 3. The fourth-order valence-corrected chi connectivity index (χ4v) is 2.87. The van der Waals surface area contributed by atoms with Gasteiger partial charge >= 0.3 is 0 Å². The van der Waals surface area contributed by atoms with E-state index in [1.165, 1.54) is 11.1 Å². The Morgan fingerprint density at radius 1 is 1.00 bits per heavy atom. The minimum atomic E-state index is 0.228. The number of aromatic hydroxyl groups is 1. The zero-order chi connectivity index (χ0) is 16.5. The van der Waals surface area contributed by atoms with Crippen LogP contribution in [0.1, 0.15) is 17.0 Å². The number of imidazole rings is 1. The first kappa shape index (κ1) is 14.5. The summed E-state index contributed by atoms with van der Waals surface area (Å²) in [5, 5.41) is 9.84. The molecule has 0 bridgehead atoms. The molecule has 118 valence electrons. The topological polar surface area (TPSA) is 50.9 Å². The third-order valence-electron chi connectivity index (χ3n) is 4.06. The molecular weight excluding hydrogens is 298 g/mol. The van der Waals surface area contributed by atoms with Crippen LogP contribution in [0.2, 0.25) is 0 Å². The van der Waals surface area contributed by atoms with Crippen molar-refractivity contribution in [3.63, 3.8) is 0 Å². The van der Waals surface area contributed by atoms with Crippen molar-refractivity contribution in [2.24, 2.45) is 0 Å². The van der Waals surface area contributed by atoms with Crippen molar-refractivity contribution in [3.05, 3.63) is 83.8 Å². The van der Waals surface area contributed by atoms with Gasteiger partial charge in [0.15, 0.2) is 5.65 Å². The van der Waals surface area contributed by atoms with E-state index in [1.807, 2.05) is 28.8 Å². The molecule has 2 aromatic carbocycles. The molecule has 0 spiro atoms. The molecule has 0 radical (unpaired) electrons. The molecule has 2 heterocycles. The zero-order valence-electron chi connectivity index (χ0n) is 13.3. The van der Waals surface area contributed by atoms with Crippen LogP contribution in [0, 0.1) is 6.92 Å². The fraction of sp³-hybridized carbons (Fsp3) is 0.100. The number of phenolic OH excluding ortho intramolecular Hbond substituents is 1. The monoisotopic (exact) mass is 315 g/mol. The van der Waals surface area contributed by atoms with Gasteiger partial charge in [0, 0.05) is 18.7 Å². The van der Waals surface area contributed by atoms with Crippen molar-refractivity contribution >= 4 is 11.2 Å². The van der Waals surface area contributed by atoms with Gasteiger partial charge in [-0.25, -0.2) is 9.97 Å². The average Bonchev–Trinajstić information content (AvgIpc) is 2.95. The minimum Gasteiger partial charge on any atom is -0.508 e. The normalized spacial score (nSPS) is 11.0. The summed E-state index contributed by atoms with van der Waals surface area (Å²) in [7, 11) is 0. The number of rotatable bonds is 3. The first-order valence-electron chi connectivity index (χ1n) is 7.88. The predicted molar refractivity (Wildman–Crippen MR) is 94.5 cm³/mol. The van der Waals surface area contributed by atoms with E-state index < -0.39 is 0 Å². The lowest BCUT2D eigenvalue weighted by molar-refractivity contribution is 0.475. The number of phenols is 1. The van der Waals surface area contributed by atoms with Crippen molar-refractivity contribution in [1.82, 2.24) is 14.5 Å². The van der Waals surface area contributed by atoms with Crippen LogP contribution in [0.3, 0.4) is 0 Å². The maximum Gasteiger partial charge on any atom is 0.164 e. The fourth-order valence-electron chi connectivity index (χ4n) is 2.87. The van der Waals surface area contributed by atoms with Gasteiger partial charge in [-0.15, -0.1) is 0 Å². The highest BCUT2D eigenvalue weighted by molar-refractivity contribution is 5.74. The molecule has 4 aromatic rings. The van der Waals surface area contributed by atoms with Gasteiger partial charge in [0.05, 0.1) is 5.69 Å². The number of fused-ring (bicyclic) bond motifs is 1. The van der Waals surface area contributed by atoms with Crippen molar-refractivity contribution in [2.75, 3.05) is 0 Å². The van der Waals surface area contributed by atoms with E-state index in [1.54, 1.807) is 18.3 Å². The number of nitrogens with zero attached hydrogens (tertiary/aromatic N) is 3. The maximum atomic E-state index is 9.84. The van der Waals surface area contributed by atoms with Gasteiger partial charge in [-0.05, 0) is 36.8 Å². The van der Waals surface area contributed by atoms with E-state index in [9.17, 15) is 5.11 Å². The molecule has 0 aliphatic heterocycles. The predicted octanol–water partition coefficient (Wildman–Crippen LogP) is 4.03. The first-order chi connectivity index (χ1) is 11.7. The number of pyridine rings is 1. The second kappa shape index (κ2) is 5.81. The van der Waals surface area contributed by atoms with Crippen LogP contribution in [0.15, 0.2) is 66.9 Å². The summed E-state index contributed by atoms with van der Waals surface area (Å²) in [5.41, 5.74) is 4.94. The summed E-state index contributed by atoms with van der Waals surface area (Å²) in [6, 6.07) is 19.5. The SMILES string of the molecule is Cc1ccc(Cc2nc3cccnc3n2-c2cccc(O)c2)cc1. The third kappa shape index (κ3) is 2.63. The Labute approximate surface area is 140 Å². The van der Waals surface area contributed by atoms with Crippen LogP contribution in [0.25, 0.3) is 16.9 Å². The lowest BCUT2D eigenvalue weighted by Gasteiger charge is -2.09. The van der Waals surface area contributed by atoms with E-state index in [0.717, 1.165) is 22.7 Å². The molecular formula is C20H17N3O. The molecule has 4 heteroatoms. The highest BCUT2D eigenvalue weighted by Gasteiger charge is 2.14. The van der Waals surface area contributed by atoms with Crippen LogP contribution in [-0.4, -0.2) is 19.6 Å². The first-order valence-corrected chi connectivity index (χ1v) is 7.88. The second-order valence-corrected chi connectivity index (χ2v) is 5.89. The van der Waals surface area contributed by atoms with Gasteiger partial charge in [0.2, 0.25) is 0 Å². The summed E-state index contributed by atoms with van der Waals surface area (Å²) in [4.78, 5) is 9.24. The summed E-state index contributed by atoms with van der Waals surface area (Å²) >= 11 is 0. The van der Waals surface area contributed by atoms with Gasteiger partial charge in [0.25, 0.3) is 0 Å².